The minimum absolute atomic E-state index is 0.000346. The van der Waals surface area contributed by atoms with E-state index in [0.717, 1.165) is 24.6 Å². The fourth-order valence-electron chi connectivity index (χ4n) is 3.67. The van der Waals surface area contributed by atoms with Crippen LogP contribution in [0.2, 0.25) is 0 Å². The fourth-order valence-corrected chi connectivity index (χ4v) is 3.67. The maximum atomic E-state index is 14.4. The van der Waals surface area contributed by atoms with Crippen LogP contribution >= 0.6 is 0 Å². The van der Waals surface area contributed by atoms with Crippen LogP contribution in [0.3, 0.4) is 0 Å². The van der Waals surface area contributed by atoms with Gasteiger partial charge in [0.2, 0.25) is 0 Å². The van der Waals surface area contributed by atoms with Crippen molar-refractivity contribution in [2.75, 3.05) is 24.6 Å². The normalized spacial score (nSPS) is 19.4. The van der Waals surface area contributed by atoms with E-state index in [9.17, 15) is 14.3 Å². The van der Waals surface area contributed by atoms with Crippen molar-refractivity contribution in [1.29, 1.82) is 0 Å². The van der Waals surface area contributed by atoms with Crippen LogP contribution in [-0.2, 0) is 11.3 Å². The number of hydrogen-bond acceptors (Lipinski definition) is 5. The number of nitrogens with zero attached hydrogens (tertiary/aromatic N) is 2. The molecule has 1 aromatic rings. The Balaban J connectivity index is 1.60. The van der Waals surface area contributed by atoms with Gasteiger partial charge in [-0.2, -0.15) is 0 Å². The molecule has 0 radical (unpaired) electrons. The highest BCUT2D eigenvalue weighted by Crippen LogP contribution is 2.32. The number of hydrazine groups is 2. The van der Waals surface area contributed by atoms with Gasteiger partial charge < -0.3 is 5.11 Å². The zero-order chi connectivity index (χ0) is 17.8. The average Bonchev–Trinajstić information content (AvgIpc) is 2.99. The van der Waals surface area contributed by atoms with Gasteiger partial charge in [-0.15, -0.1) is 5.53 Å². The number of piperidine rings is 1. The number of rotatable bonds is 6. The molecular formula is C18H27FN4O2. The highest BCUT2D eigenvalue weighted by molar-refractivity contribution is 5.84. The molecule has 2 fully saturated rings. The van der Waals surface area contributed by atoms with Crippen LogP contribution in [0.1, 0.15) is 44.6 Å². The number of phenolic OH excluding ortho intramolecular Hbond substituents is 1. The first kappa shape index (κ1) is 17.9. The highest BCUT2D eigenvalue weighted by atomic mass is 19.1. The van der Waals surface area contributed by atoms with Crippen LogP contribution in [0, 0.1) is 11.7 Å². The van der Waals surface area contributed by atoms with E-state index in [0.29, 0.717) is 6.54 Å². The number of amides is 1. The molecule has 0 aromatic heterocycles. The first-order chi connectivity index (χ1) is 12.1. The molecule has 0 saturated carbocycles. The van der Waals surface area contributed by atoms with E-state index < -0.39 is 5.82 Å². The molecular weight excluding hydrogens is 323 g/mol. The molecule has 3 rings (SSSR count). The molecule has 2 aliphatic rings. The summed E-state index contributed by atoms with van der Waals surface area (Å²) in [5, 5.41) is 11.5. The van der Waals surface area contributed by atoms with Crippen LogP contribution in [0.4, 0.5) is 10.1 Å². The summed E-state index contributed by atoms with van der Waals surface area (Å²) in [6, 6.07) is 3.04. The molecule has 2 saturated heterocycles. The minimum atomic E-state index is -0.531. The van der Waals surface area contributed by atoms with Crippen LogP contribution < -0.4 is 16.0 Å². The van der Waals surface area contributed by atoms with E-state index in [1.807, 2.05) is 0 Å². The summed E-state index contributed by atoms with van der Waals surface area (Å²) in [6.45, 7) is 4.86. The number of nitrogens with one attached hydrogen (secondary N) is 2. The number of aromatic hydroxyl groups is 1. The van der Waals surface area contributed by atoms with Gasteiger partial charge in [0.1, 0.15) is 18.0 Å². The van der Waals surface area contributed by atoms with E-state index >= 15 is 0 Å². The SMILES string of the molecule is CCCCC1CCN(Cc2cc(O)c(N3CC(=O)NN3)c(F)c2)CC1. The lowest BCUT2D eigenvalue weighted by Crippen LogP contribution is -2.37. The first-order valence-corrected chi connectivity index (χ1v) is 9.12. The van der Waals surface area contributed by atoms with Crippen LogP contribution in [0.15, 0.2) is 12.1 Å². The number of benzene rings is 1. The fraction of sp³-hybridized carbons (Fsp3) is 0.611. The third-order valence-electron chi connectivity index (χ3n) is 5.08. The van der Waals surface area contributed by atoms with Crippen molar-refractivity contribution < 1.29 is 14.3 Å². The summed E-state index contributed by atoms with van der Waals surface area (Å²) < 4.78 is 14.4. The van der Waals surface area contributed by atoms with Gasteiger partial charge in [-0.25, -0.2) is 4.39 Å². The van der Waals surface area contributed by atoms with Gasteiger partial charge in [-0.1, -0.05) is 26.2 Å². The molecule has 0 aliphatic carbocycles. The third kappa shape index (κ3) is 4.41. The van der Waals surface area contributed by atoms with E-state index in [1.54, 1.807) is 6.07 Å². The summed E-state index contributed by atoms with van der Waals surface area (Å²) in [4.78, 5) is 13.6. The number of hydrogen-bond donors (Lipinski definition) is 3. The van der Waals surface area contributed by atoms with E-state index in [-0.39, 0.29) is 23.9 Å². The third-order valence-corrected chi connectivity index (χ3v) is 5.08. The minimum Gasteiger partial charge on any atom is -0.506 e. The number of carbonyl (C=O) groups is 1. The number of carbonyl (C=O) groups excluding carboxylic acids is 1. The molecule has 7 heteroatoms. The monoisotopic (exact) mass is 350 g/mol. The van der Waals surface area contributed by atoms with Crippen molar-refractivity contribution in [1.82, 2.24) is 15.9 Å². The molecule has 0 atom stereocenters. The largest absolute Gasteiger partial charge is 0.506 e. The predicted molar refractivity (Wildman–Crippen MR) is 94.2 cm³/mol. The number of halogens is 1. The number of anilines is 1. The number of phenols is 1. The average molecular weight is 350 g/mol. The predicted octanol–water partition coefficient (Wildman–Crippen LogP) is 2.29. The lowest BCUT2D eigenvalue weighted by molar-refractivity contribution is -0.118. The van der Waals surface area contributed by atoms with Crippen LogP contribution in [0.5, 0.6) is 5.75 Å². The van der Waals surface area contributed by atoms with Gasteiger partial charge in [-0.3, -0.25) is 20.1 Å². The molecule has 3 N–H and O–H groups in total. The van der Waals surface area contributed by atoms with Gasteiger partial charge in [0.05, 0.1) is 0 Å². The number of likely N-dealkylation sites (tertiary alicyclic amines) is 1. The Morgan fingerprint density at radius 3 is 2.68 bits per heavy atom. The molecule has 0 spiro atoms. The van der Waals surface area contributed by atoms with Gasteiger partial charge in [0.25, 0.3) is 5.91 Å². The summed E-state index contributed by atoms with van der Waals surface area (Å²) in [7, 11) is 0. The molecule has 1 amide bonds. The van der Waals surface area contributed by atoms with Gasteiger partial charge in [0.15, 0.2) is 5.82 Å². The van der Waals surface area contributed by atoms with E-state index in [1.165, 1.54) is 43.2 Å². The second-order valence-electron chi connectivity index (χ2n) is 7.05. The molecule has 0 unspecified atom stereocenters. The van der Waals surface area contributed by atoms with Crippen molar-refractivity contribution in [2.45, 2.75) is 45.6 Å². The Kier molecular flexibility index (Phi) is 5.75. The van der Waals surface area contributed by atoms with Crippen LogP contribution in [-0.4, -0.2) is 35.5 Å². The zero-order valence-electron chi connectivity index (χ0n) is 14.7. The summed E-state index contributed by atoms with van der Waals surface area (Å²) in [5.74, 6) is -0.141. The second-order valence-corrected chi connectivity index (χ2v) is 7.05. The van der Waals surface area contributed by atoms with E-state index in [4.69, 9.17) is 0 Å². The second kappa shape index (κ2) is 8.01. The maximum absolute atomic E-state index is 14.4. The molecule has 25 heavy (non-hydrogen) atoms. The summed E-state index contributed by atoms with van der Waals surface area (Å²) in [5.41, 5.74) is 5.68. The Morgan fingerprint density at radius 1 is 1.32 bits per heavy atom. The van der Waals surface area contributed by atoms with Crippen molar-refractivity contribution in [2.24, 2.45) is 5.92 Å². The Morgan fingerprint density at radius 2 is 2.08 bits per heavy atom. The topological polar surface area (TPSA) is 67.8 Å². The molecule has 0 bridgehead atoms. The summed E-state index contributed by atoms with van der Waals surface area (Å²) in [6.07, 6.45) is 6.24. The zero-order valence-corrected chi connectivity index (χ0v) is 14.7. The standard InChI is InChI=1S/C18H27FN4O2/c1-2-3-4-13-5-7-22(8-6-13)11-14-9-15(19)18(16(24)10-14)23-12-17(25)20-21-23/h9-10,13,21,24H,2-8,11-12H2,1H3,(H,20,25). The molecule has 2 aliphatic heterocycles. The van der Waals surface area contributed by atoms with Gasteiger partial charge in [-0.05, 0) is 49.5 Å². The molecule has 138 valence electrons. The van der Waals surface area contributed by atoms with Crippen molar-refractivity contribution in [3.05, 3.63) is 23.5 Å². The quantitative estimate of drug-likeness (QED) is 0.734. The Bertz CT molecular complexity index is 594. The van der Waals surface area contributed by atoms with Gasteiger partial charge in [0, 0.05) is 6.54 Å². The van der Waals surface area contributed by atoms with Crippen molar-refractivity contribution >= 4 is 11.6 Å². The Hall–Kier alpha value is -1.86. The lowest BCUT2D eigenvalue weighted by atomic mass is 9.91. The first-order valence-electron chi connectivity index (χ1n) is 9.12. The van der Waals surface area contributed by atoms with E-state index in [2.05, 4.69) is 22.8 Å². The van der Waals surface area contributed by atoms with Crippen molar-refractivity contribution in [3.8, 4) is 5.75 Å². The maximum Gasteiger partial charge on any atom is 0.256 e. The van der Waals surface area contributed by atoms with Gasteiger partial charge >= 0.3 is 0 Å². The molecule has 1 aromatic carbocycles. The molecule has 6 nitrogen and oxygen atoms in total. The smallest absolute Gasteiger partial charge is 0.256 e. The van der Waals surface area contributed by atoms with Crippen LogP contribution in [0.25, 0.3) is 0 Å². The molecule has 2 heterocycles. The van der Waals surface area contributed by atoms with Crippen molar-refractivity contribution in [3.63, 3.8) is 0 Å². The lowest BCUT2D eigenvalue weighted by Gasteiger charge is -2.32. The Labute approximate surface area is 147 Å². The summed E-state index contributed by atoms with van der Waals surface area (Å²) >= 11 is 0. The highest BCUT2D eigenvalue weighted by Gasteiger charge is 2.25. The number of unbranched alkanes of at least 4 members (excludes halogenated alkanes) is 1.